The molecule has 0 fully saturated rings. The molecule has 0 aliphatic heterocycles. The van der Waals surface area contributed by atoms with Crippen LogP contribution in [0.1, 0.15) is 10.5 Å². The van der Waals surface area contributed by atoms with E-state index in [1.54, 1.807) is 30.3 Å². The molecule has 0 aliphatic rings. The number of alkyl halides is 3. The highest BCUT2D eigenvalue weighted by Gasteiger charge is 2.29. The lowest BCUT2D eigenvalue weighted by atomic mass is 10.3. The van der Waals surface area contributed by atoms with Gasteiger partial charge >= 0.3 is 18.0 Å². The SMILES string of the molecule is O=C(Oc1ccccc1)c1ncn2c(=O)n(CCOC(F)(F)F)nnc12. The number of rotatable bonds is 5. The van der Waals surface area contributed by atoms with Crippen LogP contribution >= 0.6 is 0 Å². The lowest BCUT2D eigenvalue weighted by Gasteiger charge is -2.07. The van der Waals surface area contributed by atoms with Gasteiger partial charge in [-0.3, -0.25) is 4.74 Å². The average Bonchev–Trinajstić information content (AvgIpc) is 3.02. The van der Waals surface area contributed by atoms with Gasteiger partial charge in [0.15, 0.2) is 11.3 Å². The van der Waals surface area contributed by atoms with Gasteiger partial charge in [0.1, 0.15) is 12.1 Å². The van der Waals surface area contributed by atoms with Gasteiger partial charge in [0.2, 0.25) is 0 Å². The monoisotopic (exact) mass is 369 g/mol. The first kappa shape index (κ1) is 17.5. The topological polar surface area (TPSA) is 101 Å². The van der Waals surface area contributed by atoms with E-state index in [9.17, 15) is 22.8 Å². The first-order valence-electron chi connectivity index (χ1n) is 7.14. The lowest BCUT2D eigenvalue weighted by Crippen LogP contribution is -2.32. The van der Waals surface area contributed by atoms with Crippen LogP contribution < -0.4 is 10.4 Å². The standard InChI is InChI=1S/C14H10F3N5O4/c15-14(16,17)25-7-6-22-13(24)21-8-18-10(11(21)19-20-22)12(23)26-9-4-2-1-3-5-9/h1-5,8H,6-7H2. The largest absolute Gasteiger partial charge is 0.522 e. The fourth-order valence-electron chi connectivity index (χ4n) is 2.01. The van der Waals surface area contributed by atoms with Crippen molar-refractivity contribution >= 4 is 11.6 Å². The van der Waals surface area contributed by atoms with Crippen LogP contribution in [0.4, 0.5) is 13.2 Å². The molecule has 2 heterocycles. The summed E-state index contributed by atoms with van der Waals surface area (Å²) in [5, 5.41) is 7.14. The number of carbonyl (C=O) groups is 1. The van der Waals surface area contributed by atoms with Crippen molar-refractivity contribution in [3.8, 4) is 5.75 Å². The van der Waals surface area contributed by atoms with Crippen molar-refractivity contribution in [3.05, 3.63) is 52.8 Å². The number of aromatic nitrogens is 5. The van der Waals surface area contributed by atoms with Gasteiger partial charge in [-0.05, 0) is 12.1 Å². The zero-order chi connectivity index (χ0) is 18.7. The van der Waals surface area contributed by atoms with Crippen LogP contribution in [0.3, 0.4) is 0 Å². The third kappa shape index (κ3) is 3.85. The number of nitrogens with zero attached hydrogens (tertiary/aromatic N) is 5. The first-order valence-corrected chi connectivity index (χ1v) is 7.14. The Kier molecular flexibility index (Phi) is 4.67. The second-order valence-electron chi connectivity index (χ2n) is 4.88. The molecule has 136 valence electrons. The van der Waals surface area contributed by atoms with Crippen LogP contribution in [-0.4, -0.2) is 43.3 Å². The van der Waals surface area contributed by atoms with Crippen LogP contribution in [0.25, 0.3) is 5.65 Å². The number of ether oxygens (including phenoxy) is 2. The molecule has 0 aliphatic carbocycles. The van der Waals surface area contributed by atoms with Crippen molar-refractivity contribution in [2.45, 2.75) is 12.9 Å². The minimum absolute atomic E-state index is 0.177. The van der Waals surface area contributed by atoms with Gasteiger partial charge in [-0.25, -0.2) is 19.0 Å². The Balaban J connectivity index is 1.81. The molecule has 26 heavy (non-hydrogen) atoms. The van der Waals surface area contributed by atoms with E-state index < -0.39 is 31.2 Å². The fourth-order valence-corrected chi connectivity index (χ4v) is 2.01. The van der Waals surface area contributed by atoms with Crippen molar-refractivity contribution in [1.29, 1.82) is 0 Å². The van der Waals surface area contributed by atoms with E-state index in [-0.39, 0.29) is 17.1 Å². The number of halogens is 3. The molecule has 3 rings (SSSR count). The molecule has 0 spiro atoms. The van der Waals surface area contributed by atoms with Crippen molar-refractivity contribution in [2.24, 2.45) is 0 Å². The smallest absolute Gasteiger partial charge is 0.422 e. The van der Waals surface area contributed by atoms with Crippen molar-refractivity contribution in [3.63, 3.8) is 0 Å². The summed E-state index contributed by atoms with van der Waals surface area (Å²) in [6.45, 7) is -1.30. The van der Waals surface area contributed by atoms with Gasteiger partial charge in [-0.2, -0.15) is 4.68 Å². The summed E-state index contributed by atoms with van der Waals surface area (Å²) >= 11 is 0. The Morgan fingerprint density at radius 1 is 1.19 bits per heavy atom. The second-order valence-corrected chi connectivity index (χ2v) is 4.88. The zero-order valence-corrected chi connectivity index (χ0v) is 12.9. The zero-order valence-electron chi connectivity index (χ0n) is 12.9. The molecule has 0 amide bonds. The fraction of sp³-hybridized carbons (Fsp3) is 0.214. The third-order valence-electron chi connectivity index (χ3n) is 3.13. The van der Waals surface area contributed by atoms with Crippen molar-refractivity contribution in [1.82, 2.24) is 24.4 Å². The minimum atomic E-state index is -4.81. The van der Waals surface area contributed by atoms with Crippen molar-refractivity contribution < 1.29 is 27.4 Å². The number of para-hydroxylation sites is 1. The Morgan fingerprint density at radius 2 is 1.92 bits per heavy atom. The average molecular weight is 369 g/mol. The second kappa shape index (κ2) is 6.92. The van der Waals surface area contributed by atoms with E-state index in [1.165, 1.54) is 0 Å². The Morgan fingerprint density at radius 3 is 2.62 bits per heavy atom. The molecule has 2 aromatic heterocycles. The summed E-state index contributed by atoms with van der Waals surface area (Å²) in [5.41, 5.74) is -1.26. The maximum atomic E-state index is 12.2. The summed E-state index contributed by atoms with van der Waals surface area (Å²) in [7, 11) is 0. The molecular formula is C14H10F3N5O4. The van der Waals surface area contributed by atoms with Gasteiger partial charge in [0.25, 0.3) is 0 Å². The van der Waals surface area contributed by atoms with Crippen LogP contribution in [0.2, 0.25) is 0 Å². The summed E-state index contributed by atoms with van der Waals surface area (Å²) in [6.07, 6.45) is -3.81. The molecule has 0 atom stereocenters. The number of benzene rings is 1. The predicted molar refractivity (Wildman–Crippen MR) is 78.4 cm³/mol. The van der Waals surface area contributed by atoms with E-state index in [2.05, 4.69) is 20.0 Å². The number of hydrogen-bond acceptors (Lipinski definition) is 7. The van der Waals surface area contributed by atoms with Gasteiger partial charge in [0, 0.05) is 0 Å². The van der Waals surface area contributed by atoms with E-state index in [0.717, 1.165) is 10.7 Å². The number of carbonyl (C=O) groups excluding carboxylic acids is 1. The van der Waals surface area contributed by atoms with Gasteiger partial charge in [0.05, 0.1) is 13.2 Å². The minimum Gasteiger partial charge on any atom is -0.422 e. The number of hydrogen-bond donors (Lipinski definition) is 0. The molecule has 0 bridgehead atoms. The number of imidazole rings is 1. The van der Waals surface area contributed by atoms with Crippen LogP contribution in [0, 0.1) is 0 Å². The molecule has 0 saturated heterocycles. The Bertz CT molecular complexity index is 984. The van der Waals surface area contributed by atoms with Crippen molar-refractivity contribution in [2.75, 3.05) is 6.61 Å². The molecule has 9 nitrogen and oxygen atoms in total. The molecule has 0 N–H and O–H groups in total. The molecule has 3 aromatic rings. The lowest BCUT2D eigenvalue weighted by molar-refractivity contribution is -0.325. The van der Waals surface area contributed by atoms with Gasteiger partial charge in [-0.1, -0.05) is 23.4 Å². The molecular weight excluding hydrogens is 359 g/mol. The quantitative estimate of drug-likeness (QED) is 0.489. The van der Waals surface area contributed by atoms with Crippen LogP contribution in [0.15, 0.2) is 41.5 Å². The maximum Gasteiger partial charge on any atom is 0.522 e. The first-order chi connectivity index (χ1) is 12.3. The predicted octanol–water partition coefficient (Wildman–Crippen LogP) is 1.04. The maximum absolute atomic E-state index is 12.2. The summed E-state index contributed by atoms with van der Waals surface area (Å²) in [5.74, 6) is -0.588. The highest BCUT2D eigenvalue weighted by molar-refractivity contribution is 5.94. The number of fused-ring (bicyclic) bond motifs is 1. The van der Waals surface area contributed by atoms with E-state index in [0.29, 0.717) is 4.68 Å². The normalized spacial score (nSPS) is 11.7. The summed E-state index contributed by atoms with van der Waals surface area (Å²) in [4.78, 5) is 28.1. The van der Waals surface area contributed by atoms with Crippen LogP contribution in [0.5, 0.6) is 5.75 Å². The molecule has 0 unspecified atom stereocenters. The molecule has 1 aromatic carbocycles. The third-order valence-corrected chi connectivity index (χ3v) is 3.13. The highest BCUT2D eigenvalue weighted by atomic mass is 19.4. The Labute approximate surface area is 142 Å². The number of esters is 1. The molecule has 0 saturated carbocycles. The molecule has 12 heteroatoms. The Hall–Kier alpha value is -3.28. The summed E-state index contributed by atoms with van der Waals surface area (Å²) in [6, 6.07) is 8.16. The van der Waals surface area contributed by atoms with Gasteiger partial charge in [-0.15, -0.1) is 18.3 Å². The van der Waals surface area contributed by atoms with E-state index >= 15 is 0 Å². The van der Waals surface area contributed by atoms with E-state index in [4.69, 9.17) is 4.74 Å². The van der Waals surface area contributed by atoms with Crippen LogP contribution in [-0.2, 0) is 11.3 Å². The van der Waals surface area contributed by atoms with E-state index in [1.807, 2.05) is 0 Å². The highest BCUT2D eigenvalue weighted by Crippen LogP contribution is 2.15. The molecule has 0 radical (unpaired) electrons. The van der Waals surface area contributed by atoms with Gasteiger partial charge < -0.3 is 4.74 Å². The summed E-state index contributed by atoms with van der Waals surface area (Å²) < 4.78 is 46.1.